The molecule has 0 atom stereocenters. The molecule has 0 radical (unpaired) electrons. The fourth-order valence-electron chi connectivity index (χ4n) is 2.36. The van der Waals surface area contributed by atoms with E-state index in [2.05, 4.69) is 32.5 Å². The Morgan fingerprint density at radius 2 is 2.14 bits per heavy atom. The molecule has 7 nitrogen and oxygen atoms in total. The molecule has 1 saturated heterocycles. The first-order chi connectivity index (χ1) is 10.9. The van der Waals surface area contributed by atoms with Gasteiger partial charge in [-0.3, -0.25) is 14.6 Å². The number of nitrogens with one attached hydrogen (secondary N) is 2. The maximum Gasteiger partial charge on any atom is 0.191 e. The Kier molecular flexibility index (Phi) is 7.76. The second kappa shape index (κ2) is 10.2. The third kappa shape index (κ3) is 6.44. The lowest BCUT2D eigenvalue weighted by molar-refractivity contribution is 0.0389. The molecule has 1 aromatic heterocycles. The standard InChI is InChI=1S/C15H28N6O/c1-2-16-15(17-5-3-8-21-9-4-6-19-21)18-7-10-20-11-13-22-14-12-20/h4,6,9H,2-3,5,7-8,10-14H2,1H3,(H2,16,17,18). The highest BCUT2D eigenvalue weighted by molar-refractivity contribution is 5.79. The monoisotopic (exact) mass is 308 g/mol. The molecule has 1 aliphatic heterocycles. The maximum absolute atomic E-state index is 5.36. The third-order valence-electron chi connectivity index (χ3n) is 3.54. The van der Waals surface area contributed by atoms with Crippen LogP contribution in [0.15, 0.2) is 23.5 Å². The van der Waals surface area contributed by atoms with Gasteiger partial charge in [0.1, 0.15) is 0 Å². The van der Waals surface area contributed by atoms with Crippen molar-refractivity contribution in [1.82, 2.24) is 25.3 Å². The van der Waals surface area contributed by atoms with Gasteiger partial charge in [0, 0.05) is 58.2 Å². The molecule has 0 saturated carbocycles. The second-order valence-electron chi connectivity index (χ2n) is 5.26. The molecule has 1 aromatic rings. The summed E-state index contributed by atoms with van der Waals surface area (Å²) < 4.78 is 7.30. The summed E-state index contributed by atoms with van der Waals surface area (Å²) in [5, 5.41) is 10.9. The van der Waals surface area contributed by atoms with Gasteiger partial charge in [0.05, 0.1) is 13.2 Å². The van der Waals surface area contributed by atoms with E-state index in [0.717, 1.165) is 71.4 Å². The van der Waals surface area contributed by atoms with Crippen molar-refractivity contribution >= 4 is 5.96 Å². The third-order valence-corrected chi connectivity index (χ3v) is 3.54. The van der Waals surface area contributed by atoms with E-state index in [0.29, 0.717) is 0 Å². The normalized spacial score (nSPS) is 16.7. The average molecular weight is 308 g/mol. The fraction of sp³-hybridized carbons (Fsp3) is 0.733. The number of ether oxygens (including phenoxy) is 1. The van der Waals surface area contributed by atoms with Crippen LogP contribution in [0.25, 0.3) is 0 Å². The molecule has 0 amide bonds. The highest BCUT2D eigenvalue weighted by atomic mass is 16.5. The summed E-state index contributed by atoms with van der Waals surface area (Å²) in [5.74, 6) is 0.899. The van der Waals surface area contributed by atoms with E-state index >= 15 is 0 Å². The Labute approximate surface area is 132 Å². The van der Waals surface area contributed by atoms with Crippen molar-refractivity contribution in [2.45, 2.75) is 19.9 Å². The number of hydrogen-bond acceptors (Lipinski definition) is 4. The predicted molar refractivity (Wildman–Crippen MR) is 88.1 cm³/mol. The van der Waals surface area contributed by atoms with Crippen LogP contribution in [-0.2, 0) is 11.3 Å². The van der Waals surface area contributed by atoms with Crippen molar-refractivity contribution in [2.24, 2.45) is 4.99 Å². The van der Waals surface area contributed by atoms with Crippen molar-refractivity contribution in [3.8, 4) is 0 Å². The highest BCUT2D eigenvalue weighted by Gasteiger charge is 2.09. The Morgan fingerprint density at radius 3 is 2.86 bits per heavy atom. The molecule has 2 N–H and O–H groups in total. The summed E-state index contributed by atoms with van der Waals surface area (Å²) in [6.07, 6.45) is 4.78. The summed E-state index contributed by atoms with van der Waals surface area (Å²) in [6, 6.07) is 1.94. The number of nitrogens with zero attached hydrogens (tertiary/aromatic N) is 4. The van der Waals surface area contributed by atoms with E-state index in [1.165, 1.54) is 0 Å². The van der Waals surface area contributed by atoms with Gasteiger partial charge in [0.2, 0.25) is 0 Å². The molecule has 0 bridgehead atoms. The Hall–Kier alpha value is -1.60. The average Bonchev–Trinajstić information content (AvgIpc) is 3.06. The van der Waals surface area contributed by atoms with Gasteiger partial charge in [0.15, 0.2) is 5.96 Å². The number of guanidine groups is 1. The smallest absolute Gasteiger partial charge is 0.191 e. The van der Waals surface area contributed by atoms with Gasteiger partial charge < -0.3 is 15.4 Å². The molecule has 0 spiro atoms. The Morgan fingerprint density at radius 1 is 1.27 bits per heavy atom. The number of rotatable bonds is 8. The van der Waals surface area contributed by atoms with Crippen LogP contribution in [0, 0.1) is 0 Å². The van der Waals surface area contributed by atoms with Crippen LogP contribution in [-0.4, -0.2) is 73.1 Å². The lowest BCUT2D eigenvalue weighted by Gasteiger charge is -2.26. The van der Waals surface area contributed by atoms with Crippen LogP contribution in [0.5, 0.6) is 0 Å². The SMILES string of the molecule is CCNC(=NCCCn1cccn1)NCCN1CCOCC1. The zero-order valence-electron chi connectivity index (χ0n) is 13.5. The Balaban J connectivity index is 1.63. The topological polar surface area (TPSA) is 66.7 Å². The van der Waals surface area contributed by atoms with Gasteiger partial charge in [-0.15, -0.1) is 0 Å². The molecule has 2 heterocycles. The first kappa shape index (κ1) is 16.8. The van der Waals surface area contributed by atoms with Gasteiger partial charge in [-0.25, -0.2) is 0 Å². The van der Waals surface area contributed by atoms with Crippen molar-refractivity contribution in [2.75, 3.05) is 52.5 Å². The fourth-order valence-corrected chi connectivity index (χ4v) is 2.36. The minimum atomic E-state index is 0.798. The van der Waals surface area contributed by atoms with Crippen molar-refractivity contribution < 1.29 is 4.74 Å². The molecular formula is C15H28N6O. The number of aromatic nitrogens is 2. The maximum atomic E-state index is 5.36. The summed E-state index contributed by atoms with van der Waals surface area (Å²) in [7, 11) is 0. The largest absolute Gasteiger partial charge is 0.379 e. The summed E-state index contributed by atoms with van der Waals surface area (Å²) in [4.78, 5) is 7.02. The number of hydrogen-bond donors (Lipinski definition) is 2. The number of aliphatic imine (C=N–C) groups is 1. The first-order valence-electron chi connectivity index (χ1n) is 8.18. The van der Waals surface area contributed by atoms with Crippen LogP contribution in [0.4, 0.5) is 0 Å². The molecule has 22 heavy (non-hydrogen) atoms. The summed E-state index contributed by atoms with van der Waals surface area (Å²) in [5.41, 5.74) is 0. The van der Waals surface area contributed by atoms with Gasteiger partial charge >= 0.3 is 0 Å². The molecule has 0 aromatic carbocycles. The predicted octanol–water partition coefficient (Wildman–Crippen LogP) is 0.161. The molecular weight excluding hydrogens is 280 g/mol. The van der Waals surface area contributed by atoms with E-state index in [4.69, 9.17) is 4.74 Å². The van der Waals surface area contributed by atoms with E-state index in [-0.39, 0.29) is 0 Å². The summed E-state index contributed by atoms with van der Waals surface area (Å²) in [6.45, 7) is 10.4. The van der Waals surface area contributed by atoms with E-state index in [1.807, 2.05) is 16.9 Å². The molecule has 7 heteroatoms. The van der Waals surface area contributed by atoms with Crippen molar-refractivity contribution in [3.05, 3.63) is 18.5 Å². The zero-order valence-corrected chi connectivity index (χ0v) is 13.5. The number of aryl methyl sites for hydroxylation is 1. The van der Waals surface area contributed by atoms with Crippen LogP contribution < -0.4 is 10.6 Å². The lowest BCUT2D eigenvalue weighted by Crippen LogP contribution is -2.44. The van der Waals surface area contributed by atoms with Gasteiger partial charge in [0.25, 0.3) is 0 Å². The minimum absolute atomic E-state index is 0.798. The van der Waals surface area contributed by atoms with Crippen molar-refractivity contribution in [1.29, 1.82) is 0 Å². The quantitative estimate of drug-likeness (QED) is 0.407. The van der Waals surface area contributed by atoms with Gasteiger partial charge in [-0.1, -0.05) is 0 Å². The zero-order chi connectivity index (χ0) is 15.5. The highest BCUT2D eigenvalue weighted by Crippen LogP contribution is 1.95. The lowest BCUT2D eigenvalue weighted by atomic mass is 10.4. The Bertz CT molecular complexity index is 414. The number of morpholine rings is 1. The molecule has 2 rings (SSSR count). The van der Waals surface area contributed by atoms with Crippen LogP contribution in [0.2, 0.25) is 0 Å². The van der Waals surface area contributed by atoms with Crippen LogP contribution in [0.1, 0.15) is 13.3 Å². The van der Waals surface area contributed by atoms with E-state index in [1.54, 1.807) is 6.20 Å². The molecule has 0 unspecified atom stereocenters. The van der Waals surface area contributed by atoms with Gasteiger partial charge in [-0.05, 0) is 19.4 Å². The minimum Gasteiger partial charge on any atom is -0.379 e. The van der Waals surface area contributed by atoms with Crippen LogP contribution in [0.3, 0.4) is 0 Å². The van der Waals surface area contributed by atoms with Crippen LogP contribution >= 0.6 is 0 Å². The molecule has 1 fully saturated rings. The molecule has 1 aliphatic rings. The second-order valence-corrected chi connectivity index (χ2v) is 5.26. The van der Waals surface area contributed by atoms with Gasteiger partial charge in [-0.2, -0.15) is 5.10 Å². The van der Waals surface area contributed by atoms with Crippen molar-refractivity contribution in [3.63, 3.8) is 0 Å². The molecule has 0 aliphatic carbocycles. The van der Waals surface area contributed by atoms with E-state index in [9.17, 15) is 0 Å². The molecule has 124 valence electrons. The first-order valence-corrected chi connectivity index (χ1v) is 8.18. The van der Waals surface area contributed by atoms with E-state index < -0.39 is 0 Å². The summed E-state index contributed by atoms with van der Waals surface area (Å²) >= 11 is 0.